The summed E-state index contributed by atoms with van der Waals surface area (Å²) in [6.07, 6.45) is 0.352. The van der Waals surface area contributed by atoms with E-state index in [1.54, 1.807) is 0 Å². The van der Waals surface area contributed by atoms with E-state index in [9.17, 15) is 9.59 Å². The smallest absolute Gasteiger partial charge is 0.350 e. The Labute approximate surface area is 122 Å². The van der Waals surface area contributed by atoms with Gasteiger partial charge >= 0.3 is 5.97 Å². The van der Waals surface area contributed by atoms with Crippen LogP contribution in [0.5, 0.6) is 0 Å². The molecule has 0 saturated heterocycles. The molecule has 100 valence electrons. The number of thiophene rings is 1. The second-order valence-electron chi connectivity index (χ2n) is 3.78. The molecule has 0 spiro atoms. The summed E-state index contributed by atoms with van der Waals surface area (Å²) in [5, 5.41) is 4.23. The summed E-state index contributed by atoms with van der Waals surface area (Å²) in [5.74, 6) is -0.569. The molecular weight excluding hydrogens is 330 g/mol. The maximum atomic E-state index is 11.8. The molecule has 0 aliphatic heterocycles. The average molecular weight is 342 g/mol. The van der Waals surface area contributed by atoms with Gasteiger partial charge in [0.25, 0.3) is 0 Å². The molecule has 0 saturated carbocycles. The van der Waals surface area contributed by atoms with Crippen molar-refractivity contribution in [2.45, 2.75) is 6.42 Å². The molecule has 19 heavy (non-hydrogen) atoms. The van der Waals surface area contributed by atoms with Gasteiger partial charge in [0, 0.05) is 21.8 Å². The molecule has 1 N–H and O–H groups in total. The van der Waals surface area contributed by atoms with Crippen LogP contribution in [-0.4, -0.2) is 24.3 Å². The van der Waals surface area contributed by atoms with Crippen LogP contribution in [0, 0.1) is 0 Å². The minimum atomic E-state index is -0.435. The molecule has 1 aromatic heterocycles. The number of alkyl halides is 1. The number of carbonyl (C=O) groups is 2. The van der Waals surface area contributed by atoms with Gasteiger partial charge < -0.3 is 10.1 Å². The van der Waals surface area contributed by atoms with Crippen LogP contribution in [0.15, 0.2) is 24.3 Å². The standard InChI is InChI=1S/C13H12BrNO3S/c1-18-13(17)12-11(15-10(16)6-7-14)8-4-2-3-5-9(8)19-12/h2-5H,6-7H2,1H3,(H,15,16). The lowest BCUT2D eigenvalue weighted by molar-refractivity contribution is -0.115. The zero-order chi connectivity index (χ0) is 13.8. The number of amides is 1. The quantitative estimate of drug-likeness (QED) is 0.684. The largest absolute Gasteiger partial charge is 0.465 e. The zero-order valence-electron chi connectivity index (χ0n) is 10.2. The number of hydrogen-bond donors (Lipinski definition) is 1. The van der Waals surface area contributed by atoms with Crippen molar-refractivity contribution in [2.75, 3.05) is 17.8 Å². The van der Waals surface area contributed by atoms with Gasteiger partial charge in [0.2, 0.25) is 5.91 Å². The summed E-state index contributed by atoms with van der Waals surface area (Å²) >= 11 is 4.53. The number of methoxy groups -OCH3 is 1. The van der Waals surface area contributed by atoms with Crippen LogP contribution in [-0.2, 0) is 9.53 Å². The van der Waals surface area contributed by atoms with E-state index >= 15 is 0 Å². The maximum Gasteiger partial charge on any atom is 0.350 e. The van der Waals surface area contributed by atoms with Crippen molar-refractivity contribution >= 4 is 54.9 Å². The maximum absolute atomic E-state index is 11.8. The van der Waals surface area contributed by atoms with E-state index in [1.807, 2.05) is 24.3 Å². The minimum Gasteiger partial charge on any atom is -0.465 e. The topological polar surface area (TPSA) is 55.4 Å². The predicted octanol–water partition coefficient (Wildman–Crippen LogP) is 3.41. The molecule has 0 bridgehead atoms. The van der Waals surface area contributed by atoms with Gasteiger partial charge in [-0.1, -0.05) is 34.1 Å². The van der Waals surface area contributed by atoms with Gasteiger partial charge in [0.15, 0.2) is 0 Å². The van der Waals surface area contributed by atoms with Crippen LogP contribution in [0.3, 0.4) is 0 Å². The first-order valence-corrected chi connectivity index (χ1v) is 7.56. The molecule has 0 radical (unpaired) electrons. The molecule has 0 unspecified atom stereocenters. The normalized spacial score (nSPS) is 10.4. The van der Waals surface area contributed by atoms with Crippen molar-refractivity contribution in [1.29, 1.82) is 0 Å². The summed E-state index contributed by atoms with van der Waals surface area (Å²) in [4.78, 5) is 23.9. The number of halogens is 1. The summed E-state index contributed by atoms with van der Waals surface area (Å²) < 4.78 is 5.70. The number of rotatable bonds is 4. The predicted molar refractivity (Wildman–Crippen MR) is 80.2 cm³/mol. The number of hydrogen-bond acceptors (Lipinski definition) is 4. The zero-order valence-corrected chi connectivity index (χ0v) is 12.6. The van der Waals surface area contributed by atoms with E-state index in [2.05, 4.69) is 21.2 Å². The van der Waals surface area contributed by atoms with Gasteiger partial charge in [0.05, 0.1) is 12.8 Å². The van der Waals surface area contributed by atoms with Gasteiger partial charge in [-0.25, -0.2) is 4.79 Å². The van der Waals surface area contributed by atoms with Crippen molar-refractivity contribution in [3.8, 4) is 0 Å². The lowest BCUT2D eigenvalue weighted by Crippen LogP contribution is -2.14. The van der Waals surface area contributed by atoms with Crippen LogP contribution < -0.4 is 5.32 Å². The summed E-state index contributed by atoms with van der Waals surface area (Å²) in [5.41, 5.74) is 0.540. The molecule has 2 aromatic rings. The number of anilines is 1. The van der Waals surface area contributed by atoms with Crippen LogP contribution in [0.25, 0.3) is 10.1 Å². The molecule has 2 rings (SSSR count). The first kappa shape index (κ1) is 14.0. The van der Waals surface area contributed by atoms with Crippen LogP contribution in [0.1, 0.15) is 16.1 Å². The highest BCUT2D eigenvalue weighted by Crippen LogP contribution is 2.36. The lowest BCUT2D eigenvalue weighted by atomic mass is 10.2. The van der Waals surface area contributed by atoms with Crippen LogP contribution in [0.2, 0.25) is 0 Å². The van der Waals surface area contributed by atoms with Crippen molar-refractivity contribution in [3.63, 3.8) is 0 Å². The Morgan fingerprint density at radius 3 is 2.79 bits per heavy atom. The van der Waals surface area contributed by atoms with Crippen molar-refractivity contribution < 1.29 is 14.3 Å². The fraction of sp³-hybridized carbons (Fsp3) is 0.231. The molecule has 1 heterocycles. The van der Waals surface area contributed by atoms with E-state index in [0.29, 0.717) is 22.3 Å². The second kappa shape index (κ2) is 6.16. The third-order valence-corrected chi connectivity index (χ3v) is 4.10. The first-order chi connectivity index (χ1) is 9.17. The number of benzene rings is 1. The van der Waals surface area contributed by atoms with Crippen molar-refractivity contribution in [2.24, 2.45) is 0 Å². The summed E-state index contributed by atoms with van der Waals surface area (Å²) in [6, 6.07) is 7.55. The van der Waals surface area contributed by atoms with E-state index in [1.165, 1.54) is 18.4 Å². The van der Waals surface area contributed by atoms with Gasteiger partial charge in [0.1, 0.15) is 4.88 Å². The SMILES string of the molecule is COC(=O)c1sc2ccccc2c1NC(=O)CCBr. The number of carbonyl (C=O) groups excluding carboxylic acids is 2. The third-order valence-electron chi connectivity index (χ3n) is 2.55. The van der Waals surface area contributed by atoms with Crippen LogP contribution in [0.4, 0.5) is 5.69 Å². The molecule has 6 heteroatoms. The molecule has 1 amide bonds. The van der Waals surface area contributed by atoms with Crippen molar-refractivity contribution in [1.82, 2.24) is 0 Å². The molecule has 0 aliphatic rings. The molecule has 1 aromatic carbocycles. The monoisotopic (exact) mass is 341 g/mol. The Hall–Kier alpha value is -1.40. The Morgan fingerprint density at radius 1 is 1.37 bits per heavy atom. The van der Waals surface area contributed by atoms with Gasteiger partial charge in [-0.05, 0) is 6.07 Å². The number of ether oxygens (including phenoxy) is 1. The number of esters is 1. The summed E-state index contributed by atoms with van der Waals surface area (Å²) in [7, 11) is 1.33. The molecule has 0 fully saturated rings. The highest BCUT2D eigenvalue weighted by Gasteiger charge is 2.20. The molecule has 0 aliphatic carbocycles. The Kier molecular flexibility index (Phi) is 4.55. The number of fused-ring (bicyclic) bond motifs is 1. The van der Waals surface area contributed by atoms with E-state index in [4.69, 9.17) is 4.74 Å². The highest BCUT2D eigenvalue weighted by molar-refractivity contribution is 9.09. The Morgan fingerprint density at radius 2 is 2.11 bits per heavy atom. The average Bonchev–Trinajstić information content (AvgIpc) is 2.77. The van der Waals surface area contributed by atoms with E-state index in [0.717, 1.165) is 10.1 Å². The first-order valence-electron chi connectivity index (χ1n) is 5.63. The second-order valence-corrected chi connectivity index (χ2v) is 5.63. The van der Waals surface area contributed by atoms with Gasteiger partial charge in [-0.3, -0.25) is 4.79 Å². The Balaban J connectivity index is 2.48. The van der Waals surface area contributed by atoms with Crippen LogP contribution >= 0.6 is 27.3 Å². The minimum absolute atomic E-state index is 0.134. The third kappa shape index (κ3) is 2.96. The Bertz CT molecular complexity index is 623. The van der Waals surface area contributed by atoms with Gasteiger partial charge in [-0.15, -0.1) is 11.3 Å². The highest BCUT2D eigenvalue weighted by atomic mass is 79.9. The molecule has 0 atom stereocenters. The number of nitrogens with one attached hydrogen (secondary N) is 1. The van der Waals surface area contributed by atoms with Gasteiger partial charge in [-0.2, -0.15) is 0 Å². The van der Waals surface area contributed by atoms with E-state index in [-0.39, 0.29) is 5.91 Å². The fourth-order valence-corrected chi connectivity index (χ4v) is 3.13. The summed E-state index contributed by atoms with van der Waals surface area (Å²) in [6.45, 7) is 0. The van der Waals surface area contributed by atoms with E-state index < -0.39 is 5.97 Å². The lowest BCUT2D eigenvalue weighted by Gasteiger charge is -2.05. The molecular formula is C13H12BrNO3S. The fourth-order valence-electron chi connectivity index (χ4n) is 1.69. The molecule has 4 nitrogen and oxygen atoms in total. The van der Waals surface area contributed by atoms with Crippen molar-refractivity contribution in [3.05, 3.63) is 29.1 Å².